The van der Waals surface area contributed by atoms with Crippen LogP contribution in [0.15, 0.2) is 128 Å². The number of hydrogen-bond acceptors (Lipinski definition) is 4. The Kier molecular flexibility index (Phi) is 6.21. The van der Waals surface area contributed by atoms with Gasteiger partial charge in [-0.05, 0) is 83.2 Å². The monoisotopic (exact) mass is 608 g/mol. The van der Waals surface area contributed by atoms with Crippen molar-refractivity contribution >= 4 is 23.4 Å². The second-order valence-electron chi connectivity index (χ2n) is 12.7. The van der Waals surface area contributed by atoms with Crippen LogP contribution in [0.4, 0.5) is 0 Å². The second-order valence-corrected chi connectivity index (χ2v) is 12.7. The number of hydrogen-bond donors (Lipinski definition) is 0. The number of nitriles is 1. The summed E-state index contributed by atoms with van der Waals surface area (Å²) in [6.07, 6.45) is 12.2. The Bertz CT molecular complexity index is 2210. The predicted molar refractivity (Wildman–Crippen MR) is 187 cm³/mol. The van der Waals surface area contributed by atoms with Crippen LogP contribution in [0.1, 0.15) is 63.8 Å². The third-order valence-corrected chi connectivity index (χ3v) is 9.71. The summed E-state index contributed by atoms with van der Waals surface area (Å²) < 4.78 is 9.06. The zero-order valence-corrected chi connectivity index (χ0v) is 26.0. The maximum Gasteiger partial charge on any atom is 0.212 e. The van der Waals surface area contributed by atoms with Gasteiger partial charge in [-0.3, -0.25) is 9.58 Å². The number of aromatic nitrogens is 1. The summed E-state index contributed by atoms with van der Waals surface area (Å²) in [5, 5.41) is 14.4. The molecule has 1 fully saturated rings. The average Bonchev–Trinajstić information content (AvgIpc) is 3.59. The fourth-order valence-corrected chi connectivity index (χ4v) is 7.39. The Morgan fingerprint density at radius 3 is 2.49 bits per heavy atom. The van der Waals surface area contributed by atoms with Crippen molar-refractivity contribution in [3.8, 4) is 23.4 Å². The highest BCUT2D eigenvalue weighted by atomic mass is 16.5. The summed E-state index contributed by atoms with van der Waals surface area (Å²) in [7, 11) is 0. The lowest BCUT2D eigenvalue weighted by molar-refractivity contribution is 0.365. The van der Waals surface area contributed by atoms with E-state index in [0.717, 1.165) is 57.4 Å². The summed E-state index contributed by atoms with van der Waals surface area (Å²) in [5.41, 5.74) is 11.9. The van der Waals surface area contributed by atoms with Gasteiger partial charge in [0.05, 0.1) is 29.1 Å². The normalized spacial score (nSPS) is 22.4. The van der Waals surface area contributed by atoms with Crippen LogP contribution in [0.3, 0.4) is 0 Å². The minimum absolute atomic E-state index is 0.0945. The van der Waals surface area contributed by atoms with Gasteiger partial charge in [0.15, 0.2) is 0 Å². The largest absolute Gasteiger partial charge is 0.439 e. The Hall–Kier alpha value is -5.83. The first-order chi connectivity index (χ1) is 23.1. The molecule has 0 saturated carbocycles. The molecule has 5 nitrogen and oxygen atoms in total. The van der Waals surface area contributed by atoms with E-state index in [4.69, 9.17) is 4.74 Å². The molecule has 4 aromatic carbocycles. The van der Waals surface area contributed by atoms with Crippen LogP contribution in [0.25, 0.3) is 29.1 Å². The Morgan fingerprint density at radius 2 is 1.66 bits per heavy atom. The van der Waals surface area contributed by atoms with E-state index >= 15 is 0 Å². The smallest absolute Gasteiger partial charge is 0.212 e. The van der Waals surface area contributed by atoms with Crippen LogP contribution in [0.2, 0.25) is 0 Å². The third kappa shape index (κ3) is 4.41. The van der Waals surface area contributed by atoms with Gasteiger partial charge in [0, 0.05) is 22.4 Å². The molecule has 4 aliphatic rings. The van der Waals surface area contributed by atoms with E-state index < -0.39 is 0 Å². The molecule has 1 aliphatic carbocycles. The molecule has 3 aliphatic heterocycles. The van der Waals surface area contributed by atoms with Gasteiger partial charge in [0.1, 0.15) is 11.9 Å². The highest BCUT2D eigenvalue weighted by Crippen LogP contribution is 2.58. The van der Waals surface area contributed by atoms with E-state index in [2.05, 4.69) is 131 Å². The van der Waals surface area contributed by atoms with Gasteiger partial charge in [-0.2, -0.15) is 10.3 Å². The van der Waals surface area contributed by atoms with Gasteiger partial charge in [0.2, 0.25) is 5.88 Å². The van der Waals surface area contributed by atoms with E-state index in [0.29, 0.717) is 11.5 Å². The molecule has 47 heavy (non-hydrogen) atoms. The van der Waals surface area contributed by atoms with Crippen LogP contribution in [-0.2, 0) is 6.42 Å². The predicted octanol–water partition coefficient (Wildman–Crippen LogP) is 9.71. The second kappa shape index (κ2) is 10.6. The zero-order chi connectivity index (χ0) is 31.6. The van der Waals surface area contributed by atoms with E-state index in [1.165, 1.54) is 16.7 Å². The van der Waals surface area contributed by atoms with Crippen LogP contribution < -0.4 is 4.74 Å². The van der Waals surface area contributed by atoms with Gasteiger partial charge in [-0.1, -0.05) is 98.5 Å². The maximum atomic E-state index is 9.58. The molecule has 0 amide bonds. The van der Waals surface area contributed by atoms with E-state index in [-0.39, 0.29) is 12.2 Å². The van der Waals surface area contributed by atoms with Crippen LogP contribution >= 0.6 is 0 Å². The summed E-state index contributed by atoms with van der Waals surface area (Å²) in [6, 6.07) is 38.0. The van der Waals surface area contributed by atoms with Crippen molar-refractivity contribution < 1.29 is 4.74 Å². The summed E-state index contributed by atoms with van der Waals surface area (Å²) in [6.45, 7) is 6.59. The van der Waals surface area contributed by atoms with Gasteiger partial charge in [-0.15, -0.1) is 0 Å². The van der Waals surface area contributed by atoms with Crippen LogP contribution in [-0.4, -0.2) is 14.6 Å². The Labute approximate surface area is 274 Å². The molecule has 226 valence electrons. The molecule has 4 unspecified atom stereocenters. The third-order valence-electron chi connectivity index (χ3n) is 9.71. The quantitative estimate of drug-likeness (QED) is 0.191. The molecule has 0 N–H and O–H groups in total. The Morgan fingerprint density at radius 1 is 0.851 bits per heavy atom. The Balaban J connectivity index is 1.11. The number of allylic oxidation sites excluding steroid dienone is 3. The van der Waals surface area contributed by atoms with Gasteiger partial charge < -0.3 is 4.74 Å². The van der Waals surface area contributed by atoms with E-state index in [9.17, 15) is 5.26 Å². The van der Waals surface area contributed by atoms with Gasteiger partial charge in [0.25, 0.3) is 0 Å². The molecule has 5 aromatic rings. The molecule has 0 radical (unpaired) electrons. The van der Waals surface area contributed by atoms with Crippen molar-refractivity contribution in [3.63, 3.8) is 0 Å². The molecule has 0 spiro atoms. The number of para-hydroxylation sites is 1. The number of hydrazine groups is 1. The van der Waals surface area contributed by atoms with Gasteiger partial charge in [-0.25, -0.2) is 0 Å². The molecule has 5 heteroatoms. The summed E-state index contributed by atoms with van der Waals surface area (Å²) >= 11 is 0. The minimum Gasteiger partial charge on any atom is -0.439 e. The van der Waals surface area contributed by atoms with E-state index in [1.54, 1.807) is 0 Å². The van der Waals surface area contributed by atoms with Gasteiger partial charge >= 0.3 is 0 Å². The summed E-state index contributed by atoms with van der Waals surface area (Å²) in [5.74, 6) is 2.09. The van der Waals surface area contributed by atoms with Crippen molar-refractivity contribution in [2.75, 3.05) is 0 Å². The summed E-state index contributed by atoms with van der Waals surface area (Å²) in [4.78, 5) is 0. The number of ether oxygens (including phenoxy) is 1. The van der Waals surface area contributed by atoms with Crippen molar-refractivity contribution in [2.45, 2.75) is 25.6 Å². The number of nitrogens with zero attached hydrogens (tertiary/aromatic N) is 4. The molecular formula is C42H32N4O. The van der Waals surface area contributed by atoms with Crippen LogP contribution in [0.5, 0.6) is 11.6 Å². The number of fused-ring (bicyclic) bond motifs is 5. The zero-order valence-electron chi connectivity index (χ0n) is 26.0. The molecule has 9 rings (SSSR count). The average molecular weight is 609 g/mol. The molecule has 0 bridgehead atoms. The first kappa shape index (κ1) is 27.5. The van der Waals surface area contributed by atoms with E-state index in [1.807, 2.05) is 36.4 Å². The van der Waals surface area contributed by atoms with Crippen molar-refractivity contribution in [1.29, 1.82) is 5.26 Å². The highest BCUT2D eigenvalue weighted by Gasteiger charge is 2.55. The molecule has 1 saturated heterocycles. The fraction of sp³-hybridized carbons (Fsp3) is 0.119. The molecular weight excluding hydrogens is 576 g/mol. The maximum absolute atomic E-state index is 9.58. The first-order valence-electron chi connectivity index (χ1n) is 16.1. The van der Waals surface area contributed by atoms with Crippen LogP contribution in [0, 0.1) is 17.2 Å². The standard InChI is InChI=1S/C42H32N4O/c1-27-15-22-37-36(23-27)35-21-16-28(2)34-13-6-7-14-40(34)47-42(35)44(37)33-19-17-31(18-20-33)41-45-38(30-10-4-3-5-11-30)25-39(46(41)45)32-12-8-9-29(24-32)26-43/h3-22,24-25,27,38,41H,2,23H2,1H3/b21-16-. The van der Waals surface area contributed by atoms with Crippen molar-refractivity contribution in [1.82, 2.24) is 14.6 Å². The minimum atomic E-state index is 0.0945. The lowest BCUT2D eigenvalue weighted by atomic mass is 9.92. The molecule has 4 heterocycles. The lowest BCUT2D eigenvalue weighted by Crippen LogP contribution is -2.07. The number of rotatable bonds is 4. The number of benzene rings is 4. The lowest BCUT2D eigenvalue weighted by Gasteiger charge is -2.18. The molecule has 4 atom stereocenters. The SMILES string of the molecule is C=C1/C=C\c2c3c(n(-c4ccc(C5N6C(c7cccc(C#N)c7)=CC(c7ccccc7)N56)cc4)c2Oc2ccccc21)C=CC(C)C3. The van der Waals surface area contributed by atoms with Crippen molar-refractivity contribution in [2.24, 2.45) is 5.92 Å². The highest BCUT2D eigenvalue weighted by molar-refractivity contribution is 5.84. The fourth-order valence-electron chi connectivity index (χ4n) is 7.39. The van der Waals surface area contributed by atoms with Crippen molar-refractivity contribution in [3.05, 3.63) is 173 Å². The first-order valence-corrected chi connectivity index (χ1v) is 16.1. The topological polar surface area (TPSA) is 44.0 Å². The molecule has 1 aromatic heterocycles.